The Hall–Kier alpha value is -0.430. The number of thiophene rings is 1. The summed E-state index contributed by atoms with van der Waals surface area (Å²) in [6.07, 6.45) is 1.14. The lowest BCUT2D eigenvalue weighted by Crippen LogP contribution is -2.27. The minimum atomic E-state index is -3.34. The maximum absolute atomic E-state index is 12.2. The fourth-order valence-electron chi connectivity index (χ4n) is 1.91. The van der Waals surface area contributed by atoms with Crippen LogP contribution in [0.3, 0.4) is 0 Å². The minimum absolute atomic E-state index is 0.432. The van der Waals surface area contributed by atoms with E-state index >= 15 is 0 Å². The van der Waals surface area contributed by atoms with E-state index in [0.29, 0.717) is 29.8 Å². The SMILES string of the molecule is CCNCc1sccc1S(=O)(=O)NCC1CC1C. The molecule has 1 aromatic heterocycles. The molecule has 6 heteroatoms. The predicted molar refractivity (Wildman–Crippen MR) is 74.2 cm³/mol. The van der Waals surface area contributed by atoms with Crippen LogP contribution in [0.15, 0.2) is 16.3 Å². The van der Waals surface area contributed by atoms with Gasteiger partial charge in [0.05, 0.1) is 4.90 Å². The van der Waals surface area contributed by atoms with Gasteiger partial charge in [0.25, 0.3) is 0 Å². The Balaban J connectivity index is 2.01. The van der Waals surface area contributed by atoms with Crippen LogP contribution in [-0.4, -0.2) is 21.5 Å². The summed E-state index contributed by atoms with van der Waals surface area (Å²) in [5, 5.41) is 5.00. The van der Waals surface area contributed by atoms with Crippen LogP contribution in [0.5, 0.6) is 0 Å². The molecule has 102 valence electrons. The van der Waals surface area contributed by atoms with Crippen LogP contribution in [0.4, 0.5) is 0 Å². The predicted octanol–water partition coefficient (Wildman–Crippen LogP) is 1.79. The molecule has 1 saturated carbocycles. The van der Waals surface area contributed by atoms with Crippen molar-refractivity contribution in [3.63, 3.8) is 0 Å². The fraction of sp³-hybridized carbons (Fsp3) is 0.667. The Labute approximate surface area is 113 Å². The largest absolute Gasteiger partial charge is 0.312 e. The molecule has 0 aromatic carbocycles. The molecule has 2 N–H and O–H groups in total. The second kappa shape index (κ2) is 5.69. The van der Waals surface area contributed by atoms with Gasteiger partial charge < -0.3 is 5.32 Å². The van der Waals surface area contributed by atoms with Crippen molar-refractivity contribution in [1.29, 1.82) is 0 Å². The summed E-state index contributed by atoms with van der Waals surface area (Å²) in [6, 6.07) is 1.69. The van der Waals surface area contributed by atoms with Crippen molar-refractivity contribution >= 4 is 21.4 Å². The molecule has 4 nitrogen and oxygen atoms in total. The van der Waals surface area contributed by atoms with Gasteiger partial charge in [0.15, 0.2) is 0 Å². The molecule has 0 spiro atoms. The maximum Gasteiger partial charge on any atom is 0.241 e. The van der Waals surface area contributed by atoms with E-state index in [0.717, 1.165) is 17.8 Å². The van der Waals surface area contributed by atoms with E-state index < -0.39 is 10.0 Å². The Bertz CT molecular complexity index is 496. The second-order valence-electron chi connectivity index (χ2n) is 4.81. The maximum atomic E-state index is 12.2. The number of nitrogens with one attached hydrogen (secondary N) is 2. The lowest BCUT2D eigenvalue weighted by Gasteiger charge is -2.07. The smallest absolute Gasteiger partial charge is 0.241 e. The molecule has 1 fully saturated rings. The normalized spacial score (nSPS) is 23.2. The summed E-state index contributed by atoms with van der Waals surface area (Å²) in [5.74, 6) is 1.19. The van der Waals surface area contributed by atoms with Gasteiger partial charge in [-0.2, -0.15) is 0 Å². The first-order valence-electron chi connectivity index (χ1n) is 6.31. The van der Waals surface area contributed by atoms with Gasteiger partial charge in [-0.1, -0.05) is 13.8 Å². The zero-order valence-electron chi connectivity index (χ0n) is 10.8. The van der Waals surface area contributed by atoms with Gasteiger partial charge in [-0.25, -0.2) is 13.1 Å². The third-order valence-electron chi connectivity index (χ3n) is 3.34. The quantitative estimate of drug-likeness (QED) is 0.804. The van der Waals surface area contributed by atoms with Gasteiger partial charge in [-0.3, -0.25) is 0 Å². The molecule has 1 aliphatic rings. The van der Waals surface area contributed by atoms with Crippen molar-refractivity contribution in [1.82, 2.24) is 10.0 Å². The van der Waals surface area contributed by atoms with E-state index in [1.54, 1.807) is 6.07 Å². The molecule has 18 heavy (non-hydrogen) atoms. The average molecular weight is 288 g/mol. The summed E-state index contributed by atoms with van der Waals surface area (Å²) in [5.41, 5.74) is 0. The molecule has 0 aliphatic heterocycles. The second-order valence-corrected chi connectivity index (χ2v) is 7.55. The fourth-order valence-corrected chi connectivity index (χ4v) is 4.42. The highest BCUT2D eigenvalue weighted by Crippen LogP contribution is 2.37. The third-order valence-corrected chi connectivity index (χ3v) is 5.90. The molecular weight excluding hydrogens is 268 g/mol. The third kappa shape index (κ3) is 3.32. The number of hydrogen-bond donors (Lipinski definition) is 2. The lowest BCUT2D eigenvalue weighted by molar-refractivity contribution is 0.573. The van der Waals surface area contributed by atoms with Crippen LogP contribution in [0, 0.1) is 11.8 Å². The topological polar surface area (TPSA) is 58.2 Å². The van der Waals surface area contributed by atoms with Crippen LogP contribution in [0.25, 0.3) is 0 Å². The van der Waals surface area contributed by atoms with Crippen molar-refractivity contribution in [2.75, 3.05) is 13.1 Å². The summed E-state index contributed by atoms with van der Waals surface area (Å²) >= 11 is 1.49. The van der Waals surface area contributed by atoms with Crippen molar-refractivity contribution in [3.8, 4) is 0 Å². The Morgan fingerprint density at radius 2 is 2.22 bits per heavy atom. The highest BCUT2D eigenvalue weighted by Gasteiger charge is 2.33. The molecule has 2 atom stereocenters. The summed E-state index contributed by atoms with van der Waals surface area (Å²) in [4.78, 5) is 1.31. The molecular formula is C12H20N2O2S2. The van der Waals surface area contributed by atoms with Gasteiger partial charge in [-0.05, 0) is 36.2 Å². The lowest BCUT2D eigenvalue weighted by atomic mass is 10.3. The average Bonchev–Trinajstić information content (AvgIpc) is 2.84. The summed E-state index contributed by atoms with van der Waals surface area (Å²) in [7, 11) is -3.34. The molecule has 2 rings (SSSR count). The molecule has 1 heterocycles. The van der Waals surface area contributed by atoms with E-state index in [4.69, 9.17) is 0 Å². The number of sulfonamides is 1. The monoisotopic (exact) mass is 288 g/mol. The van der Waals surface area contributed by atoms with Gasteiger partial charge in [0, 0.05) is 18.0 Å². The Morgan fingerprint density at radius 1 is 1.50 bits per heavy atom. The van der Waals surface area contributed by atoms with Gasteiger partial charge in [0.2, 0.25) is 10.0 Å². The molecule has 1 aliphatic carbocycles. The summed E-state index contributed by atoms with van der Waals surface area (Å²) < 4.78 is 27.1. The van der Waals surface area contributed by atoms with Gasteiger partial charge in [-0.15, -0.1) is 11.3 Å². The van der Waals surface area contributed by atoms with Crippen LogP contribution in [0.2, 0.25) is 0 Å². The van der Waals surface area contributed by atoms with Crippen molar-refractivity contribution in [2.45, 2.75) is 31.7 Å². The molecule has 0 bridgehead atoms. The molecule has 0 radical (unpaired) electrons. The van der Waals surface area contributed by atoms with E-state index in [1.165, 1.54) is 11.3 Å². The standard InChI is InChI=1S/C12H20N2O2S2/c1-3-13-8-11-12(4-5-17-11)18(15,16)14-7-10-6-9(10)2/h4-5,9-10,13-14H,3,6-8H2,1-2H3. The Kier molecular flexibility index (Phi) is 4.42. The zero-order chi connectivity index (χ0) is 13.2. The van der Waals surface area contributed by atoms with Crippen molar-refractivity contribution < 1.29 is 8.42 Å². The van der Waals surface area contributed by atoms with E-state index in [2.05, 4.69) is 17.0 Å². The molecule has 2 unspecified atom stereocenters. The highest BCUT2D eigenvalue weighted by molar-refractivity contribution is 7.89. The van der Waals surface area contributed by atoms with Crippen LogP contribution in [-0.2, 0) is 16.6 Å². The molecule has 0 saturated heterocycles. The van der Waals surface area contributed by atoms with E-state index in [-0.39, 0.29) is 0 Å². The van der Waals surface area contributed by atoms with Crippen LogP contribution in [0.1, 0.15) is 25.1 Å². The van der Waals surface area contributed by atoms with Gasteiger partial charge in [0.1, 0.15) is 0 Å². The molecule has 0 amide bonds. The summed E-state index contributed by atoms with van der Waals surface area (Å²) in [6.45, 7) is 6.18. The molecule has 1 aromatic rings. The van der Waals surface area contributed by atoms with E-state index in [1.807, 2.05) is 12.3 Å². The highest BCUT2D eigenvalue weighted by atomic mass is 32.2. The van der Waals surface area contributed by atoms with Crippen molar-refractivity contribution in [2.24, 2.45) is 11.8 Å². The number of hydrogen-bond acceptors (Lipinski definition) is 4. The minimum Gasteiger partial charge on any atom is -0.312 e. The van der Waals surface area contributed by atoms with Gasteiger partial charge >= 0.3 is 0 Å². The first-order valence-corrected chi connectivity index (χ1v) is 8.67. The number of rotatable bonds is 7. The first-order chi connectivity index (χ1) is 8.54. The van der Waals surface area contributed by atoms with Crippen LogP contribution >= 0.6 is 11.3 Å². The van der Waals surface area contributed by atoms with E-state index in [9.17, 15) is 8.42 Å². The zero-order valence-corrected chi connectivity index (χ0v) is 12.4. The van der Waals surface area contributed by atoms with Crippen LogP contribution < -0.4 is 10.0 Å². The Morgan fingerprint density at radius 3 is 2.83 bits per heavy atom. The van der Waals surface area contributed by atoms with Crippen molar-refractivity contribution in [3.05, 3.63) is 16.3 Å². The first kappa shape index (κ1) is 14.0.